The Labute approximate surface area is 507 Å². The summed E-state index contributed by atoms with van der Waals surface area (Å²) in [6, 6.07) is 0. The van der Waals surface area contributed by atoms with E-state index < -0.39 is 6.10 Å². The Balaban J connectivity index is 4.35. The standard InChI is InChI=1S/C76H128O6/c1-4-7-10-13-16-19-22-25-28-31-33-34-35-36-37-38-39-40-41-42-43-46-48-51-54-57-60-63-66-69-75(78)81-72-73(71-80-74(77)68-65-62-59-56-53-50-47-44-30-27-24-21-18-15-12-9-6-3)82-76(79)70-67-64-61-58-55-52-49-45-32-29-26-23-20-17-14-11-8-5-2/h7,9-10,12,16,18-19,21,25,27-28,30,33-34,36-37,47,50,56,59,73H,4-6,8,11,13-15,17,20,22-24,26,29,31-32,35,38-46,48-49,51-55,57-58,60-72H2,1-3H3/b10-7-,12-9-,19-16-,21-18-,28-25-,30-27-,34-33-,37-36-,50-47-,59-56-. The third-order valence-electron chi connectivity index (χ3n) is 14.7. The topological polar surface area (TPSA) is 78.9 Å². The summed E-state index contributed by atoms with van der Waals surface area (Å²) >= 11 is 0. The molecule has 0 bridgehead atoms. The third kappa shape index (κ3) is 66.6. The van der Waals surface area contributed by atoms with Gasteiger partial charge in [0.05, 0.1) is 0 Å². The van der Waals surface area contributed by atoms with E-state index in [4.69, 9.17) is 14.2 Å². The van der Waals surface area contributed by atoms with Gasteiger partial charge in [-0.2, -0.15) is 0 Å². The second-order valence-electron chi connectivity index (χ2n) is 22.7. The molecule has 0 rings (SSSR count). The fraction of sp³-hybridized carbons (Fsp3) is 0.697. The molecular weight excluding hydrogens is 1010 g/mol. The normalized spacial score (nSPS) is 12.9. The maximum absolute atomic E-state index is 12.9. The lowest BCUT2D eigenvalue weighted by Gasteiger charge is -2.18. The molecule has 0 saturated carbocycles. The molecule has 82 heavy (non-hydrogen) atoms. The van der Waals surface area contributed by atoms with Gasteiger partial charge >= 0.3 is 17.9 Å². The lowest BCUT2D eigenvalue weighted by molar-refractivity contribution is -0.167. The Bertz CT molecular complexity index is 1690. The Hall–Kier alpha value is -4.19. The summed E-state index contributed by atoms with van der Waals surface area (Å²) in [7, 11) is 0. The van der Waals surface area contributed by atoms with Crippen molar-refractivity contribution in [2.45, 2.75) is 329 Å². The second-order valence-corrected chi connectivity index (χ2v) is 22.7. The summed E-state index contributed by atoms with van der Waals surface area (Å²) in [5.41, 5.74) is 0. The van der Waals surface area contributed by atoms with E-state index in [-0.39, 0.29) is 37.5 Å². The summed E-state index contributed by atoms with van der Waals surface area (Å²) in [4.78, 5) is 38.4. The number of hydrogen-bond acceptors (Lipinski definition) is 6. The molecule has 6 nitrogen and oxygen atoms in total. The number of hydrogen-bond donors (Lipinski definition) is 0. The molecule has 1 unspecified atom stereocenters. The maximum Gasteiger partial charge on any atom is 0.306 e. The minimum Gasteiger partial charge on any atom is -0.462 e. The average Bonchev–Trinajstić information content (AvgIpc) is 3.47. The van der Waals surface area contributed by atoms with Crippen LogP contribution in [0.1, 0.15) is 323 Å². The lowest BCUT2D eigenvalue weighted by Crippen LogP contribution is -2.30. The molecule has 6 heteroatoms. The molecule has 0 amide bonds. The predicted octanol–water partition coefficient (Wildman–Crippen LogP) is 23.9. The van der Waals surface area contributed by atoms with Crippen molar-refractivity contribution in [1.29, 1.82) is 0 Å². The van der Waals surface area contributed by atoms with Gasteiger partial charge < -0.3 is 14.2 Å². The average molecular weight is 1140 g/mol. The summed E-state index contributed by atoms with van der Waals surface area (Å²) in [5, 5.41) is 0. The molecule has 0 aliphatic heterocycles. The Morgan fingerprint density at radius 2 is 0.488 bits per heavy atom. The smallest absolute Gasteiger partial charge is 0.306 e. The van der Waals surface area contributed by atoms with E-state index in [0.29, 0.717) is 19.3 Å². The number of ether oxygens (including phenoxy) is 3. The van der Waals surface area contributed by atoms with Crippen LogP contribution in [-0.2, 0) is 28.6 Å². The van der Waals surface area contributed by atoms with Crippen LogP contribution in [0.25, 0.3) is 0 Å². The van der Waals surface area contributed by atoms with Crippen molar-refractivity contribution < 1.29 is 28.6 Å². The van der Waals surface area contributed by atoms with Crippen molar-refractivity contribution >= 4 is 17.9 Å². The minimum atomic E-state index is -0.804. The first-order chi connectivity index (χ1) is 40.5. The molecule has 0 heterocycles. The van der Waals surface area contributed by atoms with E-state index in [1.54, 1.807) is 0 Å². The molecule has 1 atom stereocenters. The van der Waals surface area contributed by atoms with Gasteiger partial charge in [0, 0.05) is 19.3 Å². The van der Waals surface area contributed by atoms with Crippen LogP contribution in [0.4, 0.5) is 0 Å². The van der Waals surface area contributed by atoms with Gasteiger partial charge in [-0.1, -0.05) is 322 Å². The molecular formula is C76H128O6. The lowest BCUT2D eigenvalue weighted by atomic mass is 10.0. The summed E-state index contributed by atoms with van der Waals surface area (Å²) < 4.78 is 16.9. The zero-order valence-electron chi connectivity index (χ0n) is 53.7. The first kappa shape index (κ1) is 77.8. The van der Waals surface area contributed by atoms with Crippen LogP contribution in [-0.4, -0.2) is 37.2 Å². The van der Waals surface area contributed by atoms with Crippen molar-refractivity contribution in [3.05, 3.63) is 122 Å². The summed E-state index contributed by atoms with van der Waals surface area (Å²) in [6.45, 7) is 6.40. The number of unbranched alkanes of at least 4 members (excludes halogenated alkanes) is 31. The first-order valence-electron chi connectivity index (χ1n) is 34.5. The van der Waals surface area contributed by atoms with Crippen LogP contribution in [0, 0.1) is 0 Å². The highest BCUT2D eigenvalue weighted by Gasteiger charge is 2.19. The van der Waals surface area contributed by atoms with E-state index in [1.807, 2.05) is 0 Å². The van der Waals surface area contributed by atoms with Gasteiger partial charge in [-0.25, -0.2) is 0 Å². The minimum absolute atomic E-state index is 0.0951. The van der Waals surface area contributed by atoms with Gasteiger partial charge in [-0.05, 0) is 103 Å². The number of allylic oxidation sites excluding steroid dienone is 20. The molecule has 0 aromatic heterocycles. The maximum atomic E-state index is 12.9. The van der Waals surface area contributed by atoms with Crippen LogP contribution in [0.15, 0.2) is 122 Å². The van der Waals surface area contributed by atoms with Gasteiger partial charge in [0.2, 0.25) is 0 Å². The number of carbonyl (C=O) groups excluding carboxylic acids is 3. The molecule has 0 aliphatic rings. The van der Waals surface area contributed by atoms with E-state index >= 15 is 0 Å². The van der Waals surface area contributed by atoms with Crippen molar-refractivity contribution in [1.82, 2.24) is 0 Å². The fourth-order valence-electron chi connectivity index (χ4n) is 9.63. The molecule has 0 radical (unpaired) electrons. The summed E-state index contributed by atoms with van der Waals surface area (Å²) in [5.74, 6) is -0.944. The van der Waals surface area contributed by atoms with Gasteiger partial charge in [0.1, 0.15) is 13.2 Å². The van der Waals surface area contributed by atoms with E-state index in [9.17, 15) is 14.4 Å². The van der Waals surface area contributed by atoms with Crippen molar-refractivity contribution in [2.24, 2.45) is 0 Å². The molecule has 0 spiro atoms. The Morgan fingerprint density at radius 3 is 0.793 bits per heavy atom. The highest BCUT2D eigenvalue weighted by molar-refractivity contribution is 5.71. The fourth-order valence-corrected chi connectivity index (χ4v) is 9.63. The monoisotopic (exact) mass is 1140 g/mol. The van der Waals surface area contributed by atoms with Crippen LogP contribution >= 0.6 is 0 Å². The van der Waals surface area contributed by atoms with Gasteiger partial charge in [0.15, 0.2) is 6.10 Å². The molecule has 468 valence electrons. The van der Waals surface area contributed by atoms with Crippen LogP contribution in [0.2, 0.25) is 0 Å². The number of esters is 3. The summed E-state index contributed by atoms with van der Waals surface area (Å²) in [6.07, 6.45) is 96.5. The second kappa shape index (κ2) is 69.3. The molecule has 0 saturated heterocycles. The van der Waals surface area contributed by atoms with Crippen LogP contribution in [0.3, 0.4) is 0 Å². The van der Waals surface area contributed by atoms with Crippen LogP contribution in [0.5, 0.6) is 0 Å². The zero-order chi connectivity index (χ0) is 59.2. The van der Waals surface area contributed by atoms with E-state index in [2.05, 4.69) is 142 Å². The zero-order valence-corrected chi connectivity index (χ0v) is 53.7. The van der Waals surface area contributed by atoms with Crippen molar-refractivity contribution in [2.75, 3.05) is 13.2 Å². The SMILES string of the molecule is CC/C=C\C/C=C\C/C=C\C/C=C\C/C=C\CCCCCCCCCCCCCCCC(=O)OCC(COC(=O)CCC/C=C\C/C=C\C/C=C\C/C=C\C/C=C\CC)OC(=O)CCCCCCCCCCCCCCCCCCCC. The van der Waals surface area contributed by atoms with Gasteiger partial charge in [-0.15, -0.1) is 0 Å². The van der Waals surface area contributed by atoms with Crippen molar-refractivity contribution in [3.8, 4) is 0 Å². The molecule has 0 aromatic carbocycles. The Kier molecular flexibility index (Phi) is 65.8. The molecule has 0 aliphatic carbocycles. The number of rotatable bonds is 62. The van der Waals surface area contributed by atoms with E-state index in [1.165, 1.54) is 167 Å². The van der Waals surface area contributed by atoms with Crippen molar-refractivity contribution in [3.63, 3.8) is 0 Å². The highest BCUT2D eigenvalue weighted by Crippen LogP contribution is 2.17. The molecule has 0 fully saturated rings. The first-order valence-corrected chi connectivity index (χ1v) is 34.5. The molecule has 0 N–H and O–H groups in total. The van der Waals surface area contributed by atoms with E-state index in [0.717, 1.165) is 109 Å². The van der Waals surface area contributed by atoms with Crippen LogP contribution < -0.4 is 0 Å². The number of carbonyl (C=O) groups is 3. The molecule has 0 aromatic rings. The van der Waals surface area contributed by atoms with Gasteiger partial charge in [0.25, 0.3) is 0 Å². The Morgan fingerprint density at radius 1 is 0.256 bits per heavy atom. The largest absolute Gasteiger partial charge is 0.462 e. The highest BCUT2D eigenvalue weighted by atomic mass is 16.6. The van der Waals surface area contributed by atoms with Gasteiger partial charge in [-0.3, -0.25) is 14.4 Å². The third-order valence-corrected chi connectivity index (χ3v) is 14.7. The predicted molar refractivity (Wildman–Crippen MR) is 357 cm³/mol. The quantitative estimate of drug-likeness (QED) is 0.0261.